The quantitative estimate of drug-likeness (QED) is 0.317. The number of amides is 1. The van der Waals surface area contributed by atoms with Crippen molar-refractivity contribution in [1.82, 2.24) is 15.5 Å². The van der Waals surface area contributed by atoms with E-state index in [-0.39, 0.29) is 41.1 Å². The summed E-state index contributed by atoms with van der Waals surface area (Å²) in [4.78, 5) is 18.6. The maximum atomic E-state index is 12.7. The third kappa shape index (κ3) is 7.76. The third-order valence-corrected chi connectivity index (χ3v) is 6.01. The van der Waals surface area contributed by atoms with Crippen molar-refractivity contribution in [3.63, 3.8) is 0 Å². The van der Waals surface area contributed by atoms with E-state index < -0.39 is 9.84 Å². The smallest absolute Gasteiger partial charge is 0.230 e. The highest BCUT2D eigenvalue weighted by atomic mass is 127. The van der Waals surface area contributed by atoms with Crippen LogP contribution in [0, 0.1) is 5.41 Å². The van der Waals surface area contributed by atoms with Crippen molar-refractivity contribution >= 4 is 45.7 Å². The molecule has 0 aliphatic heterocycles. The number of guanidine groups is 1. The summed E-state index contributed by atoms with van der Waals surface area (Å²) in [6.45, 7) is 1.13. The SMILES string of the molecule is CN=C(NCc1ccc(CS(C)(=O)=O)cc1)NCC1(C(=O)N(C)C)CCCC1.I. The Kier molecular flexibility index (Phi) is 9.87. The summed E-state index contributed by atoms with van der Waals surface area (Å²) in [5, 5.41) is 6.57. The lowest BCUT2D eigenvalue weighted by molar-refractivity contribution is -0.138. The fraction of sp³-hybridized carbons (Fsp3) is 0.600. The Morgan fingerprint density at radius 3 is 2.14 bits per heavy atom. The number of aliphatic imine (C=N–C) groups is 1. The molecule has 29 heavy (non-hydrogen) atoms. The van der Waals surface area contributed by atoms with Gasteiger partial charge in [0.15, 0.2) is 15.8 Å². The van der Waals surface area contributed by atoms with Crippen LogP contribution in [0.2, 0.25) is 0 Å². The molecule has 164 valence electrons. The average molecular weight is 536 g/mol. The van der Waals surface area contributed by atoms with Gasteiger partial charge in [-0.15, -0.1) is 24.0 Å². The lowest BCUT2D eigenvalue weighted by Gasteiger charge is -2.31. The van der Waals surface area contributed by atoms with Crippen LogP contribution < -0.4 is 10.6 Å². The number of halogens is 1. The zero-order chi connectivity index (χ0) is 20.8. The first kappa shape index (κ1) is 25.7. The predicted molar refractivity (Wildman–Crippen MR) is 128 cm³/mol. The second kappa shape index (κ2) is 11.1. The number of hydrogen-bond donors (Lipinski definition) is 2. The summed E-state index contributed by atoms with van der Waals surface area (Å²) in [5.41, 5.74) is 1.45. The van der Waals surface area contributed by atoms with Gasteiger partial charge in [0, 0.05) is 40.5 Å². The van der Waals surface area contributed by atoms with Crippen LogP contribution in [0.3, 0.4) is 0 Å². The molecule has 2 rings (SSSR count). The van der Waals surface area contributed by atoms with Crippen molar-refractivity contribution in [3.05, 3.63) is 35.4 Å². The zero-order valence-corrected chi connectivity index (χ0v) is 20.8. The van der Waals surface area contributed by atoms with E-state index in [1.54, 1.807) is 11.9 Å². The van der Waals surface area contributed by atoms with Crippen LogP contribution in [0.15, 0.2) is 29.3 Å². The monoisotopic (exact) mass is 536 g/mol. The molecule has 7 nitrogen and oxygen atoms in total. The summed E-state index contributed by atoms with van der Waals surface area (Å²) in [5.74, 6) is 0.874. The molecule has 1 amide bonds. The number of carbonyl (C=O) groups excluding carboxylic acids is 1. The van der Waals surface area contributed by atoms with Gasteiger partial charge in [0.25, 0.3) is 0 Å². The van der Waals surface area contributed by atoms with Gasteiger partial charge in [-0.1, -0.05) is 37.1 Å². The Morgan fingerprint density at radius 1 is 1.10 bits per heavy atom. The Labute approximate surface area is 191 Å². The summed E-state index contributed by atoms with van der Waals surface area (Å²) < 4.78 is 22.7. The maximum Gasteiger partial charge on any atom is 0.230 e. The van der Waals surface area contributed by atoms with Gasteiger partial charge in [0.05, 0.1) is 11.2 Å². The highest BCUT2D eigenvalue weighted by molar-refractivity contribution is 14.0. The molecule has 9 heteroatoms. The summed E-state index contributed by atoms with van der Waals surface area (Å²) >= 11 is 0. The second-order valence-electron chi connectivity index (χ2n) is 7.85. The third-order valence-electron chi connectivity index (χ3n) is 5.15. The molecule has 1 aliphatic rings. The van der Waals surface area contributed by atoms with E-state index in [1.807, 2.05) is 38.4 Å². The molecule has 0 heterocycles. The molecule has 0 bridgehead atoms. The van der Waals surface area contributed by atoms with Crippen molar-refractivity contribution in [3.8, 4) is 0 Å². The lowest BCUT2D eigenvalue weighted by Crippen LogP contribution is -2.49. The molecule has 1 aromatic rings. The number of sulfone groups is 1. The molecule has 1 aliphatic carbocycles. The Hall–Kier alpha value is -1.36. The minimum absolute atomic E-state index is 0. The normalized spacial score (nSPS) is 16.1. The van der Waals surface area contributed by atoms with Crippen molar-refractivity contribution in [1.29, 1.82) is 0 Å². The first-order chi connectivity index (χ1) is 13.1. The Morgan fingerprint density at radius 2 is 1.66 bits per heavy atom. The molecule has 0 aromatic heterocycles. The zero-order valence-electron chi connectivity index (χ0n) is 17.7. The van der Waals surface area contributed by atoms with Crippen LogP contribution in [-0.2, 0) is 26.9 Å². The van der Waals surface area contributed by atoms with Crippen molar-refractivity contribution in [2.24, 2.45) is 10.4 Å². The number of benzene rings is 1. The van der Waals surface area contributed by atoms with Crippen LogP contribution in [0.4, 0.5) is 0 Å². The van der Waals surface area contributed by atoms with Crippen LogP contribution >= 0.6 is 24.0 Å². The lowest BCUT2D eigenvalue weighted by atomic mass is 9.84. The van der Waals surface area contributed by atoms with Crippen LogP contribution in [0.25, 0.3) is 0 Å². The van der Waals surface area contributed by atoms with Gasteiger partial charge in [0.1, 0.15) is 0 Å². The summed E-state index contributed by atoms with van der Waals surface area (Å²) in [6, 6.07) is 7.48. The van der Waals surface area contributed by atoms with Gasteiger partial charge < -0.3 is 15.5 Å². The molecule has 1 fully saturated rings. The number of rotatable bonds is 7. The van der Waals surface area contributed by atoms with E-state index in [4.69, 9.17) is 0 Å². The number of nitrogens with one attached hydrogen (secondary N) is 2. The van der Waals surface area contributed by atoms with Crippen molar-refractivity contribution in [2.75, 3.05) is 33.9 Å². The predicted octanol–water partition coefficient (Wildman–Crippen LogP) is 2.16. The summed E-state index contributed by atoms with van der Waals surface area (Å²) in [6.07, 6.45) is 5.18. The second-order valence-corrected chi connectivity index (χ2v) is 9.99. The van der Waals surface area contributed by atoms with Crippen molar-refractivity contribution < 1.29 is 13.2 Å². The standard InChI is InChI=1S/C20H32N4O3S.HI/c1-21-19(23-15-20(11-5-6-12-20)18(25)24(2)3)22-13-16-7-9-17(10-8-16)14-28(4,26)27;/h7-10H,5-6,11-15H2,1-4H3,(H2,21,22,23);1H. The molecule has 2 N–H and O–H groups in total. The van der Waals surface area contributed by atoms with Gasteiger partial charge in [-0.2, -0.15) is 0 Å². The Bertz CT molecular complexity index is 802. The molecule has 1 aromatic carbocycles. The van der Waals surface area contributed by atoms with E-state index in [9.17, 15) is 13.2 Å². The molecular formula is C20H33IN4O3S. The molecule has 0 saturated heterocycles. The molecule has 1 saturated carbocycles. The largest absolute Gasteiger partial charge is 0.355 e. The van der Waals surface area contributed by atoms with E-state index >= 15 is 0 Å². The first-order valence-electron chi connectivity index (χ1n) is 9.57. The van der Waals surface area contributed by atoms with Gasteiger partial charge >= 0.3 is 0 Å². The number of hydrogen-bond acceptors (Lipinski definition) is 4. The molecule has 0 spiro atoms. The van der Waals surface area contributed by atoms with Gasteiger partial charge in [-0.05, 0) is 24.0 Å². The fourth-order valence-electron chi connectivity index (χ4n) is 3.71. The minimum atomic E-state index is -3.03. The van der Waals surface area contributed by atoms with Gasteiger partial charge in [-0.25, -0.2) is 8.42 Å². The molecule has 0 unspecified atom stereocenters. The summed E-state index contributed by atoms with van der Waals surface area (Å²) in [7, 11) is 2.29. The highest BCUT2D eigenvalue weighted by Crippen LogP contribution is 2.38. The average Bonchev–Trinajstić information content (AvgIpc) is 3.11. The van der Waals surface area contributed by atoms with Crippen LogP contribution in [-0.4, -0.2) is 59.1 Å². The van der Waals surface area contributed by atoms with E-state index in [0.717, 1.165) is 36.8 Å². The molecule has 0 atom stereocenters. The first-order valence-corrected chi connectivity index (χ1v) is 11.6. The topological polar surface area (TPSA) is 90.9 Å². The van der Waals surface area contributed by atoms with E-state index in [1.165, 1.54) is 6.26 Å². The minimum Gasteiger partial charge on any atom is -0.355 e. The maximum absolute atomic E-state index is 12.7. The number of nitrogens with zero attached hydrogens (tertiary/aromatic N) is 2. The van der Waals surface area contributed by atoms with E-state index in [2.05, 4.69) is 15.6 Å². The van der Waals surface area contributed by atoms with Crippen LogP contribution in [0.1, 0.15) is 36.8 Å². The van der Waals surface area contributed by atoms with Gasteiger partial charge in [-0.3, -0.25) is 9.79 Å². The highest BCUT2D eigenvalue weighted by Gasteiger charge is 2.42. The van der Waals surface area contributed by atoms with E-state index in [0.29, 0.717) is 19.0 Å². The van der Waals surface area contributed by atoms with Crippen LogP contribution in [0.5, 0.6) is 0 Å². The molecular weight excluding hydrogens is 503 g/mol. The number of carbonyl (C=O) groups is 1. The van der Waals surface area contributed by atoms with Crippen molar-refractivity contribution in [2.45, 2.75) is 38.0 Å². The fourth-order valence-corrected chi connectivity index (χ4v) is 4.51. The Balaban J connectivity index is 0.00000420. The van der Waals surface area contributed by atoms with Gasteiger partial charge in [0.2, 0.25) is 5.91 Å². The molecule has 0 radical (unpaired) electrons.